The first kappa shape index (κ1) is 13.5. The highest BCUT2D eigenvalue weighted by atomic mass is 16.6. The molecule has 108 valence electrons. The van der Waals surface area contributed by atoms with Crippen LogP contribution in [0, 0.1) is 6.92 Å². The van der Waals surface area contributed by atoms with Crippen molar-refractivity contribution in [2.75, 3.05) is 5.32 Å². The second-order valence-corrected chi connectivity index (χ2v) is 5.17. The lowest BCUT2D eigenvalue weighted by Crippen LogP contribution is -2.46. The minimum atomic E-state index is -0.666. The van der Waals surface area contributed by atoms with E-state index < -0.39 is 6.10 Å². The van der Waals surface area contributed by atoms with Crippen LogP contribution in [0.1, 0.15) is 12.5 Å². The van der Waals surface area contributed by atoms with Crippen LogP contribution >= 0.6 is 0 Å². The molecule has 4 heteroatoms. The second-order valence-electron chi connectivity index (χ2n) is 5.17. The average Bonchev–Trinajstić information content (AvgIpc) is 2.46. The highest BCUT2D eigenvalue weighted by Crippen LogP contribution is 2.33. The second kappa shape index (κ2) is 5.48. The molecule has 0 saturated heterocycles. The molecule has 2 atom stereocenters. The van der Waals surface area contributed by atoms with Gasteiger partial charge in [-0.1, -0.05) is 24.3 Å². The fourth-order valence-corrected chi connectivity index (χ4v) is 2.34. The third-order valence-electron chi connectivity index (χ3n) is 3.39. The molecule has 2 aromatic carbocycles. The lowest BCUT2D eigenvalue weighted by Gasteiger charge is -2.31. The highest BCUT2D eigenvalue weighted by molar-refractivity contribution is 5.95. The van der Waals surface area contributed by atoms with Crippen LogP contribution in [-0.2, 0) is 4.79 Å². The Hall–Kier alpha value is -2.49. The van der Waals surface area contributed by atoms with Gasteiger partial charge in [-0.25, -0.2) is 0 Å². The van der Waals surface area contributed by atoms with E-state index in [1.807, 2.05) is 56.3 Å². The number of benzene rings is 2. The van der Waals surface area contributed by atoms with E-state index in [1.54, 1.807) is 6.07 Å². The zero-order chi connectivity index (χ0) is 14.8. The Morgan fingerprint density at radius 2 is 1.76 bits per heavy atom. The molecule has 0 fully saturated rings. The summed E-state index contributed by atoms with van der Waals surface area (Å²) in [5.41, 5.74) is 1.85. The molecule has 4 nitrogen and oxygen atoms in total. The van der Waals surface area contributed by atoms with Crippen LogP contribution in [0.3, 0.4) is 0 Å². The van der Waals surface area contributed by atoms with Crippen molar-refractivity contribution in [2.45, 2.75) is 26.1 Å². The van der Waals surface area contributed by atoms with Crippen LogP contribution in [0.4, 0.5) is 5.69 Å². The number of carbonyl (C=O) groups excluding carboxylic acids is 1. The molecular formula is C17H17NO3. The van der Waals surface area contributed by atoms with E-state index >= 15 is 0 Å². The molecule has 1 aliphatic rings. The highest BCUT2D eigenvalue weighted by Gasteiger charge is 2.34. The minimum absolute atomic E-state index is 0.206. The van der Waals surface area contributed by atoms with Crippen molar-refractivity contribution in [1.29, 1.82) is 0 Å². The summed E-state index contributed by atoms with van der Waals surface area (Å²) in [5, 5.41) is 2.87. The normalized spacial score (nSPS) is 19.9. The van der Waals surface area contributed by atoms with E-state index in [0.717, 1.165) is 11.3 Å². The Labute approximate surface area is 123 Å². The number of hydrogen-bond acceptors (Lipinski definition) is 3. The molecule has 0 spiro atoms. The topological polar surface area (TPSA) is 47.6 Å². The zero-order valence-electron chi connectivity index (χ0n) is 12.0. The number of amides is 1. The van der Waals surface area contributed by atoms with Crippen LogP contribution in [0.15, 0.2) is 48.5 Å². The third kappa shape index (κ3) is 2.84. The molecule has 0 bridgehead atoms. The quantitative estimate of drug-likeness (QED) is 0.921. The fraction of sp³-hybridized carbons (Fsp3) is 0.235. The Morgan fingerprint density at radius 1 is 1.05 bits per heavy atom. The molecule has 3 rings (SSSR count). The van der Waals surface area contributed by atoms with E-state index in [2.05, 4.69) is 5.32 Å². The smallest absolute Gasteiger partial charge is 0.269 e. The summed E-state index contributed by atoms with van der Waals surface area (Å²) in [4.78, 5) is 12.4. The number of aryl methyl sites for hydroxylation is 1. The maximum absolute atomic E-state index is 12.4. The van der Waals surface area contributed by atoms with Gasteiger partial charge in [0.05, 0.1) is 0 Å². The maximum atomic E-state index is 12.4. The van der Waals surface area contributed by atoms with Crippen LogP contribution in [0.2, 0.25) is 0 Å². The summed E-state index contributed by atoms with van der Waals surface area (Å²) in [6, 6.07) is 15.0. The third-order valence-corrected chi connectivity index (χ3v) is 3.39. The first-order chi connectivity index (χ1) is 10.1. The number of rotatable bonds is 2. The Kier molecular flexibility index (Phi) is 3.52. The van der Waals surface area contributed by atoms with Gasteiger partial charge >= 0.3 is 0 Å². The predicted molar refractivity (Wildman–Crippen MR) is 80.8 cm³/mol. The van der Waals surface area contributed by atoms with Crippen molar-refractivity contribution in [3.8, 4) is 11.5 Å². The van der Waals surface area contributed by atoms with Crippen molar-refractivity contribution >= 4 is 11.6 Å². The molecule has 1 aliphatic heterocycles. The van der Waals surface area contributed by atoms with Crippen molar-refractivity contribution < 1.29 is 14.3 Å². The first-order valence-corrected chi connectivity index (χ1v) is 6.93. The molecule has 0 radical (unpaired) electrons. The standard InChI is InChI=1S/C17H17NO3/c1-11-6-5-7-13(10-11)18-17(19)16-12(2)20-14-8-3-4-9-15(14)21-16/h3-10,12,16H,1-2H3,(H,18,19)/t12-,16+/m0/s1. The van der Waals surface area contributed by atoms with E-state index in [0.29, 0.717) is 11.5 Å². The monoisotopic (exact) mass is 283 g/mol. The SMILES string of the molecule is Cc1cccc(NC(=O)[C@@H]2Oc3ccccc3O[C@H]2C)c1. The van der Waals surface area contributed by atoms with Gasteiger partial charge in [-0.3, -0.25) is 4.79 Å². The lowest BCUT2D eigenvalue weighted by atomic mass is 10.1. The zero-order valence-corrected chi connectivity index (χ0v) is 12.0. The number of carbonyl (C=O) groups is 1. The number of ether oxygens (including phenoxy) is 2. The molecule has 2 aromatic rings. The minimum Gasteiger partial charge on any atom is -0.482 e. The van der Waals surface area contributed by atoms with Crippen LogP contribution in [0.5, 0.6) is 11.5 Å². The number of anilines is 1. The Bertz CT molecular complexity index is 669. The molecular weight excluding hydrogens is 266 g/mol. The van der Waals surface area contributed by atoms with Gasteiger partial charge in [0.1, 0.15) is 6.10 Å². The van der Waals surface area contributed by atoms with Gasteiger partial charge in [-0.15, -0.1) is 0 Å². The van der Waals surface area contributed by atoms with E-state index in [-0.39, 0.29) is 12.0 Å². The lowest BCUT2D eigenvalue weighted by molar-refractivity contribution is -0.128. The Balaban J connectivity index is 1.76. The van der Waals surface area contributed by atoms with Crippen molar-refractivity contribution in [3.05, 3.63) is 54.1 Å². The summed E-state index contributed by atoms with van der Waals surface area (Å²) >= 11 is 0. The van der Waals surface area contributed by atoms with Crippen LogP contribution < -0.4 is 14.8 Å². The van der Waals surface area contributed by atoms with E-state index in [4.69, 9.17) is 9.47 Å². The number of hydrogen-bond donors (Lipinski definition) is 1. The molecule has 1 N–H and O–H groups in total. The number of nitrogens with one attached hydrogen (secondary N) is 1. The molecule has 0 aliphatic carbocycles. The van der Waals surface area contributed by atoms with Gasteiger partial charge in [0.2, 0.25) is 6.10 Å². The molecule has 0 unspecified atom stereocenters. The van der Waals surface area contributed by atoms with E-state index in [1.165, 1.54) is 0 Å². The molecule has 1 amide bonds. The van der Waals surface area contributed by atoms with Gasteiger partial charge in [-0.2, -0.15) is 0 Å². The predicted octanol–water partition coefficient (Wildman–Crippen LogP) is 3.16. The summed E-state index contributed by atoms with van der Waals surface area (Å²) in [6.45, 7) is 3.81. The van der Waals surface area contributed by atoms with Gasteiger partial charge in [0, 0.05) is 5.69 Å². The van der Waals surface area contributed by atoms with Gasteiger partial charge < -0.3 is 14.8 Å². The molecule has 1 heterocycles. The van der Waals surface area contributed by atoms with Gasteiger partial charge in [-0.05, 0) is 43.7 Å². The molecule has 0 aromatic heterocycles. The fourth-order valence-electron chi connectivity index (χ4n) is 2.34. The maximum Gasteiger partial charge on any atom is 0.269 e. The van der Waals surface area contributed by atoms with Crippen molar-refractivity contribution in [1.82, 2.24) is 0 Å². The first-order valence-electron chi connectivity index (χ1n) is 6.93. The number of para-hydroxylation sites is 2. The average molecular weight is 283 g/mol. The summed E-state index contributed by atoms with van der Waals surface area (Å²) in [7, 11) is 0. The van der Waals surface area contributed by atoms with Gasteiger partial charge in [0.15, 0.2) is 11.5 Å². The molecule has 21 heavy (non-hydrogen) atoms. The summed E-state index contributed by atoms with van der Waals surface area (Å²) in [5.74, 6) is 1.06. The summed E-state index contributed by atoms with van der Waals surface area (Å²) in [6.07, 6.45) is -1.01. The number of fused-ring (bicyclic) bond motifs is 1. The largest absolute Gasteiger partial charge is 0.482 e. The molecule has 0 saturated carbocycles. The van der Waals surface area contributed by atoms with E-state index in [9.17, 15) is 4.79 Å². The van der Waals surface area contributed by atoms with Crippen molar-refractivity contribution in [3.63, 3.8) is 0 Å². The van der Waals surface area contributed by atoms with Crippen LogP contribution in [0.25, 0.3) is 0 Å². The summed E-state index contributed by atoms with van der Waals surface area (Å²) < 4.78 is 11.5. The Morgan fingerprint density at radius 3 is 2.48 bits per heavy atom. The van der Waals surface area contributed by atoms with Crippen molar-refractivity contribution in [2.24, 2.45) is 0 Å². The van der Waals surface area contributed by atoms with Crippen LogP contribution in [-0.4, -0.2) is 18.1 Å². The van der Waals surface area contributed by atoms with Gasteiger partial charge in [0.25, 0.3) is 5.91 Å².